The number of rotatable bonds is 7. The molecule has 162 valence electrons. The van der Waals surface area contributed by atoms with Crippen LogP contribution in [0.15, 0.2) is 0 Å². The van der Waals surface area contributed by atoms with Crippen LogP contribution in [-0.4, -0.2) is 65.3 Å². The highest BCUT2D eigenvalue weighted by Gasteiger charge is 2.53. The number of urea groups is 1. The average molecular weight is 407 g/mol. The third kappa shape index (κ3) is 4.56. The zero-order chi connectivity index (χ0) is 21.4. The third-order valence-corrected chi connectivity index (χ3v) is 7.14. The zero-order valence-corrected chi connectivity index (χ0v) is 18.0. The van der Waals surface area contributed by atoms with E-state index in [1.165, 1.54) is 11.9 Å². The Hall–Kier alpha value is -2.12. The van der Waals surface area contributed by atoms with Crippen LogP contribution >= 0.6 is 0 Å². The molecule has 3 fully saturated rings. The summed E-state index contributed by atoms with van der Waals surface area (Å²) >= 11 is 0. The van der Waals surface area contributed by atoms with Gasteiger partial charge in [-0.1, -0.05) is 27.2 Å². The van der Waals surface area contributed by atoms with E-state index in [0.29, 0.717) is 18.8 Å². The number of imide groups is 1. The molecule has 2 N–H and O–H groups in total. The molecule has 3 rings (SSSR count). The number of amides is 5. The predicted octanol–water partition coefficient (Wildman–Crippen LogP) is 1.64. The zero-order valence-electron chi connectivity index (χ0n) is 18.0. The van der Waals surface area contributed by atoms with Crippen LogP contribution in [0.1, 0.15) is 65.7 Å². The Morgan fingerprint density at radius 3 is 2.38 bits per heavy atom. The van der Waals surface area contributed by atoms with Crippen molar-refractivity contribution in [3.8, 4) is 0 Å². The van der Waals surface area contributed by atoms with Gasteiger partial charge in [-0.3, -0.25) is 19.3 Å². The van der Waals surface area contributed by atoms with E-state index in [1.807, 2.05) is 0 Å². The lowest BCUT2D eigenvalue weighted by molar-refractivity contribution is -0.140. The number of nitrogens with zero attached hydrogens (tertiary/aromatic N) is 2. The highest BCUT2D eigenvalue weighted by molar-refractivity contribution is 6.09. The molecule has 1 aliphatic heterocycles. The van der Waals surface area contributed by atoms with Crippen LogP contribution in [0.4, 0.5) is 4.79 Å². The molecule has 29 heavy (non-hydrogen) atoms. The minimum Gasteiger partial charge on any atom is -0.352 e. The van der Waals surface area contributed by atoms with Crippen molar-refractivity contribution in [2.45, 2.75) is 77.3 Å². The molecule has 8 nitrogen and oxygen atoms in total. The van der Waals surface area contributed by atoms with Crippen LogP contribution in [0.3, 0.4) is 0 Å². The summed E-state index contributed by atoms with van der Waals surface area (Å²) in [7, 11) is 1.51. The summed E-state index contributed by atoms with van der Waals surface area (Å²) < 4.78 is 0. The molecule has 1 saturated heterocycles. The second-order valence-corrected chi connectivity index (χ2v) is 9.61. The van der Waals surface area contributed by atoms with E-state index >= 15 is 0 Å². The Bertz CT molecular complexity index is 693. The first-order valence-corrected chi connectivity index (χ1v) is 10.8. The van der Waals surface area contributed by atoms with Crippen molar-refractivity contribution in [3.05, 3.63) is 0 Å². The molecular formula is C21H34N4O4. The predicted molar refractivity (Wildman–Crippen MR) is 108 cm³/mol. The fraction of sp³-hybridized carbons (Fsp3) is 0.810. The molecule has 8 heteroatoms. The van der Waals surface area contributed by atoms with Gasteiger partial charge in [0.05, 0.1) is 6.54 Å². The second-order valence-electron chi connectivity index (χ2n) is 9.61. The van der Waals surface area contributed by atoms with Crippen LogP contribution in [0.2, 0.25) is 0 Å². The topological polar surface area (TPSA) is 98.8 Å². The van der Waals surface area contributed by atoms with Crippen LogP contribution in [0, 0.1) is 11.3 Å². The molecule has 2 aliphatic carbocycles. The van der Waals surface area contributed by atoms with Gasteiger partial charge in [-0.2, -0.15) is 0 Å². The van der Waals surface area contributed by atoms with E-state index in [9.17, 15) is 19.2 Å². The molecule has 0 bridgehead atoms. The van der Waals surface area contributed by atoms with Crippen molar-refractivity contribution >= 4 is 23.8 Å². The van der Waals surface area contributed by atoms with E-state index in [4.69, 9.17) is 0 Å². The minimum atomic E-state index is -0.875. The van der Waals surface area contributed by atoms with Gasteiger partial charge in [-0.15, -0.1) is 0 Å². The number of hydrogen-bond donors (Lipinski definition) is 2. The van der Waals surface area contributed by atoms with Crippen molar-refractivity contribution in [1.29, 1.82) is 0 Å². The second kappa shape index (κ2) is 7.95. The van der Waals surface area contributed by atoms with Crippen molar-refractivity contribution in [2.24, 2.45) is 11.3 Å². The Labute approximate surface area is 172 Å². The summed E-state index contributed by atoms with van der Waals surface area (Å²) in [5.41, 5.74) is -0.660. The minimum absolute atomic E-state index is 0.0715. The Balaban J connectivity index is 1.56. The van der Waals surface area contributed by atoms with E-state index in [1.54, 1.807) is 0 Å². The molecule has 0 aromatic heterocycles. The number of carbonyl (C=O) groups excluding carboxylic acids is 4. The molecule has 0 aromatic rings. The van der Waals surface area contributed by atoms with Gasteiger partial charge in [-0.05, 0) is 49.9 Å². The van der Waals surface area contributed by atoms with Crippen molar-refractivity contribution in [3.63, 3.8) is 0 Å². The van der Waals surface area contributed by atoms with Gasteiger partial charge in [0.25, 0.3) is 5.91 Å². The van der Waals surface area contributed by atoms with Gasteiger partial charge in [0.2, 0.25) is 11.8 Å². The van der Waals surface area contributed by atoms with Crippen LogP contribution < -0.4 is 10.6 Å². The van der Waals surface area contributed by atoms with Gasteiger partial charge in [0, 0.05) is 13.1 Å². The van der Waals surface area contributed by atoms with E-state index < -0.39 is 17.5 Å². The molecule has 0 radical (unpaired) electrons. The largest absolute Gasteiger partial charge is 0.352 e. The lowest BCUT2D eigenvalue weighted by Crippen LogP contribution is -2.51. The average Bonchev–Trinajstić information content (AvgIpc) is 3.45. The van der Waals surface area contributed by atoms with Gasteiger partial charge in [0.15, 0.2) is 0 Å². The smallest absolute Gasteiger partial charge is 0.325 e. The molecule has 0 unspecified atom stereocenters. The van der Waals surface area contributed by atoms with Crippen molar-refractivity contribution in [2.75, 3.05) is 20.1 Å². The monoisotopic (exact) mass is 406 g/mol. The molecule has 1 spiro atoms. The summed E-state index contributed by atoms with van der Waals surface area (Å²) in [5.74, 6) is -0.416. The maximum Gasteiger partial charge on any atom is 0.325 e. The fourth-order valence-corrected chi connectivity index (χ4v) is 4.40. The lowest BCUT2D eigenvalue weighted by atomic mass is 9.65. The van der Waals surface area contributed by atoms with Gasteiger partial charge < -0.3 is 15.5 Å². The summed E-state index contributed by atoms with van der Waals surface area (Å²) in [5, 5.41) is 5.69. The van der Waals surface area contributed by atoms with Crippen LogP contribution in [0.25, 0.3) is 0 Å². The van der Waals surface area contributed by atoms with Gasteiger partial charge >= 0.3 is 6.03 Å². The molecule has 1 heterocycles. The summed E-state index contributed by atoms with van der Waals surface area (Å²) in [6, 6.07) is -0.281. The van der Waals surface area contributed by atoms with Crippen molar-refractivity contribution in [1.82, 2.24) is 20.4 Å². The molecule has 0 atom stereocenters. The first-order valence-electron chi connectivity index (χ1n) is 10.8. The number of carbonyl (C=O) groups is 4. The van der Waals surface area contributed by atoms with E-state index in [0.717, 1.165) is 37.0 Å². The molecule has 0 aromatic carbocycles. The van der Waals surface area contributed by atoms with Crippen LogP contribution in [0.5, 0.6) is 0 Å². The highest BCUT2D eigenvalue weighted by atomic mass is 16.2. The van der Waals surface area contributed by atoms with E-state index in [-0.39, 0.29) is 36.4 Å². The van der Waals surface area contributed by atoms with E-state index in [2.05, 4.69) is 31.4 Å². The van der Waals surface area contributed by atoms with Crippen LogP contribution in [-0.2, 0) is 14.4 Å². The first-order chi connectivity index (χ1) is 13.6. The Morgan fingerprint density at radius 1 is 1.21 bits per heavy atom. The Kier molecular flexibility index (Phi) is 5.92. The normalized spacial score (nSPS) is 27.2. The van der Waals surface area contributed by atoms with Crippen molar-refractivity contribution < 1.29 is 19.2 Å². The Morgan fingerprint density at radius 2 is 1.83 bits per heavy atom. The molecule has 2 saturated carbocycles. The highest BCUT2D eigenvalue weighted by Crippen LogP contribution is 2.45. The number of hydrogen-bond acceptors (Lipinski definition) is 4. The standard InChI is InChI=1S/C21H34N4O4/c1-5-20(2,3)14-8-10-21(11-9-14)18(28)25(19(29)23-21)13-17(27)24(4)12-16(26)22-15-6-7-15/h14-15H,5-13H2,1-4H3,(H,22,26)(H,23,29). The first kappa shape index (κ1) is 21.6. The van der Waals surface area contributed by atoms with Gasteiger partial charge in [0.1, 0.15) is 12.1 Å². The quantitative estimate of drug-likeness (QED) is 0.628. The molecule has 3 aliphatic rings. The lowest BCUT2D eigenvalue weighted by Gasteiger charge is -2.42. The maximum atomic E-state index is 13.0. The molecular weight excluding hydrogens is 372 g/mol. The summed E-state index contributed by atoms with van der Waals surface area (Å²) in [6.45, 7) is 6.29. The summed E-state index contributed by atoms with van der Waals surface area (Å²) in [4.78, 5) is 52.2. The molecule has 5 amide bonds. The number of likely N-dealkylation sites (N-methyl/N-ethyl adjacent to an activating group) is 1. The third-order valence-electron chi connectivity index (χ3n) is 7.14. The SMILES string of the molecule is CCC(C)(C)C1CCC2(CC1)NC(=O)N(CC(=O)N(C)CC(=O)NC1CC1)C2=O. The fourth-order valence-electron chi connectivity index (χ4n) is 4.40. The number of nitrogens with one attached hydrogen (secondary N) is 2. The van der Waals surface area contributed by atoms with Gasteiger partial charge in [-0.25, -0.2) is 4.79 Å². The summed E-state index contributed by atoms with van der Waals surface area (Å²) in [6.07, 6.45) is 6.01. The maximum absolute atomic E-state index is 13.0.